The molecule has 1 aromatic rings. The molecule has 0 bridgehead atoms. The molecule has 0 aliphatic heterocycles. The molecule has 0 radical (unpaired) electrons. The van der Waals surface area contributed by atoms with Gasteiger partial charge in [-0.05, 0) is 14.1 Å². The first-order valence-electron chi connectivity index (χ1n) is 4.00. The van der Waals surface area contributed by atoms with Crippen molar-refractivity contribution in [3.8, 4) is 0 Å². The van der Waals surface area contributed by atoms with Gasteiger partial charge in [0, 0.05) is 31.4 Å². The minimum absolute atomic E-state index is 0.277. The second-order valence-electron chi connectivity index (χ2n) is 3.16. The van der Waals surface area contributed by atoms with Crippen molar-refractivity contribution < 1.29 is 0 Å². The number of aromatic nitrogens is 2. The van der Waals surface area contributed by atoms with E-state index in [1.54, 1.807) is 4.68 Å². The van der Waals surface area contributed by atoms with Gasteiger partial charge in [-0.1, -0.05) is 0 Å². The number of hydrogen-bond acceptors (Lipinski definition) is 3. The Kier molecular flexibility index (Phi) is 2.83. The molecular formula is C8H16N4. The van der Waals surface area contributed by atoms with Gasteiger partial charge in [-0.15, -0.1) is 0 Å². The minimum Gasteiger partial charge on any atom is -0.329 e. The summed E-state index contributed by atoms with van der Waals surface area (Å²) in [5, 5.41) is 4.10. The third kappa shape index (κ3) is 1.84. The average molecular weight is 168 g/mol. The standard InChI is InChI=1S/C8H16N4/c1-11(2)8(4-9)7-5-10-12(3)6-7/h5-6,8H,4,9H2,1-3H3/t8-/m1/s1. The Morgan fingerprint density at radius 2 is 2.33 bits per heavy atom. The van der Waals surface area contributed by atoms with Crippen molar-refractivity contribution in [1.82, 2.24) is 14.7 Å². The van der Waals surface area contributed by atoms with Crippen molar-refractivity contribution in [3.05, 3.63) is 18.0 Å². The van der Waals surface area contributed by atoms with Crippen LogP contribution in [0.3, 0.4) is 0 Å². The molecule has 0 aliphatic carbocycles. The highest BCUT2D eigenvalue weighted by molar-refractivity contribution is 5.10. The summed E-state index contributed by atoms with van der Waals surface area (Å²) in [5.41, 5.74) is 6.81. The SMILES string of the molecule is CN(C)[C@H](CN)c1cnn(C)c1. The summed E-state index contributed by atoms with van der Waals surface area (Å²) in [6.45, 7) is 0.624. The fraction of sp³-hybridized carbons (Fsp3) is 0.625. The van der Waals surface area contributed by atoms with E-state index in [2.05, 4.69) is 10.00 Å². The quantitative estimate of drug-likeness (QED) is 0.690. The van der Waals surface area contributed by atoms with Crippen LogP contribution in [0.2, 0.25) is 0 Å². The van der Waals surface area contributed by atoms with E-state index in [1.165, 1.54) is 5.56 Å². The molecule has 2 N–H and O–H groups in total. The molecular weight excluding hydrogens is 152 g/mol. The lowest BCUT2D eigenvalue weighted by molar-refractivity contribution is 0.306. The lowest BCUT2D eigenvalue weighted by Crippen LogP contribution is -2.26. The lowest BCUT2D eigenvalue weighted by Gasteiger charge is -2.20. The molecule has 1 rings (SSSR count). The number of aryl methyl sites for hydroxylation is 1. The van der Waals surface area contributed by atoms with Gasteiger partial charge in [0.05, 0.1) is 6.20 Å². The zero-order valence-corrected chi connectivity index (χ0v) is 7.86. The average Bonchev–Trinajstić information content (AvgIpc) is 2.37. The second-order valence-corrected chi connectivity index (χ2v) is 3.16. The van der Waals surface area contributed by atoms with Crippen molar-refractivity contribution in [1.29, 1.82) is 0 Å². The molecule has 1 atom stereocenters. The van der Waals surface area contributed by atoms with E-state index >= 15 is 0 Å². The zero-order valence-electron chi connectivity index (χ0n) is 7.86. The monoisotopic (exact) mass is 168 g/mol. The molecule has 0 saturated carbocycles. The lowest BCUT2D eigenvalue weighted by atomic mass is 10.1. The minimum atomic E-state index is 0.277. The maximum Gasteiger partial charge on any atom is 0.0538 e. The Hall–Kier alpha value is -0.870. The fourth-order valence-electron chi connectivity index (χ4n) is 1.26. The highest BCUT2D eigenvalue weighted by Gasteiger charge is 2.12. The van der Waals surface area contributed by atoms with Crippen molar-refractivity contribution in [2.75, 3.05) is 20.6 Å². The molecule has 1 heterocycles. The first-order valence-corrected chi connectivity index (χ1v) is 4.00. The van der Waals surface area contributed by atoms with Gasteiger partial charge >= 0.3 is 0 Å². The molecule has 0 unspecified atom stereocenters. The molecule has 1 aromatic heterocycles. The normalized spacial score (nSPS) is 13.8. The molecule has 0 saturated heterocycles. The first kappa shape index (κ1) is 9.22. The second kappa shape index (κ2) is 3.69. The molecule has 0 fully saturated rings. The highest BCUT2D eigenvalue weighted by Crippen LogP contribution is 2.14. The zero-order chi connectivity index (χ0) is 9.14. The van der Waals surface area contributed by atoms with Gasteiger partial charge < -0.3 is 10.6 Å². The molecule has 4 nitrogen and oxygen atoms in total. The Morgan fingerprint density at radius 1 is 1.67 bits per heavy atom. The van der Waals surface area contributed by atoms with Gasteiger partial charge in [0.25, 0.3) is 0 Å². The largest absolute Gasteiger partial charge is 0.329 e. The van der Waals surface area contributed by atoms with Gasteiger partial charge in [0.2, 0.25) is 0 Å². The molecule has 0 amide bonds. The summed E-state index contributed by atoms with van der Waals surface area (Å²) >= 11 is 0. The smallest absolute Gasteiger partial charge is 0.0538 e. The van der Waals surface area contributed by atoms with E-state index in [1.807, 2.05) is 33.5 Å². The number of hydrogen-bond donors (Lipinski definition) is 1. The third-order valence-corrected chi connectivity index (χ3v) is 1.96. The Balaban J connectivity index is 2.80. The molecule has 0 spiro atoms. The third-order valence-electron chi connectivity index (χ3n) is 1.96. The van der Waals surface area contributed by atoms with E-state index in [4.69, 9.17) is 5.73 Å². The van der Waals surface area contributed by atoms with Crippen LogP contribution >= 0.6 is 0 Å². The summed E-state index contributed by atoms with van der Waals surface area (Å²) < 4.78 is 1.79. The molecule has 0 aromatic carbocycles. The number of nitrogens with zero attached hydrogens (tertiary/aromatic N) is 3. The Bertz CT molecular complexity index is 241. The van der Waals surface area contributed by atoms with Crippen LogP contribution in [0.25, 0.3) is 0 Å². The summed E-state index contributed by atoms with van der Waals surface area (Å²) in [6.07, 6.45) is 3.86. The van der Waals surface area contributed by atoms with Crippen LogP contribution in [-0.2, 0) is 7.05 Å². The summed E-state index contributed by atoms with van der Waals surface area (Å²) in [6, 6.07) is 0.277. The van der Waals surface area contributed by atoms with Crippen molar-refractivity contribution in [2.45, 2.75) is 6.04 Å². The van der Waals surface area contributed by atoms with Crippen LogP contribution in [0.1, 0.15) is 11.6 Å². The van der Waals surface area contributed by atoms with E-state index in [9.17, 15) is 0 Å². The van der Waals surface area contributed by atoms with Crippen molar-refractivity contribution in [2.24, 2.45) is 12.8 Å². The maximum absolute atomic E-state index is 5.64. The van der Waals surface area contributed by atoms with Crippen LogP contribution in [-0.4, -0.2) is 35.3 Å². The predicted molar refractivity (Wildman–Crippen MR) is 48.7 cm³/mol. The van der Waals surface area contributed by atoms with E-state index < -0.39 is 0 Å². The van der Waals surface area contributed by atoms with Crippen molar-refractivity contribution >= 4 is 0 Å². The summed E-state index contributed by atoms with van der Waals surface area (Å²) in [5.74, 6) is 0. The summed E-state index contributed by atoms with van der Waals surface area (Å²) in [4.78, 5) is 2.09. The highest BCUT2D eigenvalue weighted by atomic mass is 15.2. The Labute approximate surface area is 73.0 Å². The van der Waals surface area contributed by atoms with Crippen LogP contribution < -0.4 is 5.73 Å². The number of rotatable bonds is 3. The van der Waals surface area contributed by atoms with Crippen LogP contribution in [0.4, 0.5) is 0 Å². The number of likely N-dealkylation sites (N-methyl/N-ethyl adjacent to an activating group) is 1. The van der Waals surface area contributed by atoms with Gasteiger partial charge in [0.15, 0.2) is 0 Å². The van der Waals surface area contributed by atoms with Gasteiger partial charge in [-0.3, -0.25) is 4.68 Å². The van der Waals surface area contributed by atoms with E-state index in [0.29, 0.717) is 6.54 Å². The van der Waals surface area contributed by atoms with E-state index in [-0.39, 0.29) is 6.04 Å². The molecule has 0 aliphatic rings. The Morgan fingerprint density at radius 3 is 2.67 bits per heavy atom. The topological polar surface area (TPSA) is 47.1 Å². The van der Waals surface area contributed by atoms with E-state index in [0.717, 1.165) is 0 Å². The van der Waals surface area contributed by atoms with Gasteiger partial charge in [-0.2, -0.15) is 5.10 Å². The predicted octanol–water partition coefficient (Wildman–Crippen LogP) is -0.0185. The molecule has 68 valence electrons. The molecule has 4 heteroatoms. The van der Waals surface area contributed by atoms with Crippen LogP contribution in [0.5, 0.6) is 0 Å². The first-order chi connectivity index (χ1) is 5.65. The molecule has 12 heavy (non-hydrogen) atoms. The van der Waals surface area contributed by atoms with Gasteiger partial charge in [0.1, 0.15) is 0 Å². The number of nitrogens with two attached hydrogens (primary N) is 1. The van der Waals surface area contributed by atoms with Crippen LogP contribution in [0, 0.1) is 0 Å². The fourth-order valence-corrected chi connectivity index (χ4v) is 1.26. The maximum atomic E-state index is 5.64. The van der Waals surface area contributed by atoms with Crippen LogP contribution in [0.15, 0.2) is 12.4 Å². The van der Waals surface area contributed by atoms with Gasteiger partial charge in [-0.25, -0.2) is 0 Å². The summed E-state index contributed by atoms with van der Waals surface area (Å²) in [7, 11) is 5.95. The van der Waals surface area contributed by atoms with Crippen molar-refractivity contribution in [3.63, 3.8) is 0 Å².